The normalized spacial score (nSPS) is 26.8. The summed E-state index contributed by atoms with van der Waals surface area (Å²) >= 11 is 0. The van der Waals surface area contributed by atoms with Gasteiger partial charge in [0.05, 0.1) is 6.54 Å². The third-order valence-corrected chi connectivity index (χ3v) is 5.05. The molecule has 3 nitrogen and oxygen atoms in total. The van der Waals surface area contributed by atoms with E-state index in [1.807, 2.05) is 24.3 Å². The lowest BCUT2D eigenvalue weighted by molar-refractivity contribution is -0.122. The summed E-state index contributed by atoms with van der Waals surface area (Å²) in [6.07, 6.45) is 6.10. The number of hydrogen-bond acceptors (Lipinski definition) is 2. The van der Waals surface area contributed by atoms with Gasteiger partial charge in [0.25, 0.3) is 0 Å². The minimum atomic E-state index is 0.194. The van der Waals surface area contributed by atoms with Crippen molar-refractivity contribution in [1.82, 2.24) is 5.32 Å². The van der Waals surface area contributed by atoms with Gasteiger partial charge in [0.1, 0.15) is 12.4 Å². The highest BCUT2D eigenvalue weighted by Crippen LogP contribution is 2.49. The smallest absolute Gasteiger partial charge is 0.220 e. The van der Waals surface area contributed by atoms with Gasteiger partial charge < -0.3 is 10.1 Å². The van der Waals surface area contributed by atoms with Crippen molar-refractivity contribution in [1.29, 1.82) is 0 Å². The van der Waals surface area contributed by atoms with Crippen molar-refractivity contribution in [3.05, 3.63) is 29.8 Å². The van der Waals surface area contributed by atoms with Crippen molar-refractivity contribution in [3.8, 4) is 5.75 Å². The van der Waals surface area contributed by atoms with E-state index in [1.54, 1.807) is 0 Å². The molecule has 2 saturated carbocycles. The van der Waals surface area contributed by atoms with Gasteiger partial charge in [0.2, 0.25) is 5.91 Å². The van der Waals surface area contributed by atoms with Crippen molar-refractivity contribution < 1.29 is 9.53 Å². The molecule has 21 heavy (non-hydrogen) atoms. The van der Waals surface area contributed by atoms with Crippen molar-refractivity contribution in [3.63, 3.8) is 0 Å². The summed E-state index contributed by atoms with van der Waals surface area (Å²) in [6, 6.07) is 7.99. The molecule has 1 aromatic carbocycles. The van der Waals surface area contributed by atoms with Crippen molar-refractivity contribution >= 4 is 5.91 Å². The van der Waals surface area contributed by atoms with Gasteiger partial charge in [-0.05, 0) is 56.1 Å². The number of ether oxygens (including phenoxy) is 1. The first kappa shape index (κ1) is 14.4. The second kappa shape index (κ2) is 6.50. The van der Waals surface area contributed by atoms with Crippen molar-refractivity contribution in [2.24, 2.45) is 17.8 Å². The van der Waals surface area contributed by atoms with E-state index in [2.05, 4.69) is 12.2 Å². The summed E-state index contributed by atoms with van der Waals surface area (Å²) in [5.41, 5.74) is 1.22. The standard InChI is InChI=1S/C18H25NO2/c1-13-2-6-17(7-3-13)21-9-8-19-18(20)12-16-11-14-4-5-15(16)10-14/h2-3,6-7,14-16H,4-5,8-12H2,1H3,(H,19,20)/t14-,15+,16+/m0/s1. The Labute approximate surface area is 127 Å². The molecule has 2 fully saturated rings. The first-order chi connectivity index (χ1) is 10.2. The molecule has 3 rings (SSSR count). The molecule has 0 spiro atoms. The minimum absolute atomic E-state index is 0.194. The number of benzene rings is 1. The number of nitrogens with one attached hydrogen (secondary N) is 1. The van der Waals surface area contributed by atoms with Gasteiger partial charge in [-0.25, -0.2) is 0 Å². The molecule has 1 amide bonds. The number of fused-ring (bicyclic) bond motifs is 2. The van der Waals surface area contributed by atoms with E-state index in [4.69, 9.17) is 4.74 Å². The van der Waals surface area contributed by atoms with Crippen LogP contribution in [0.3, 0.4) is 0 Å². The van der Waals surface area contributed by atoms with Crippen LogP contribution in [0.25, 0.3) is 0 Å². The molecule has 0 heterocycles. The molecule has 1 N–H and O–H groups in total. The number of carbonyl (C=O) groups is 1. The van der Waals surface area contributed by atoms with Gasteiger partial charge in [0.15, 0.2) is 0 Å². The summed E-state index contributed by atoms with van der Waals surface area (Å²) in [5.74, 6) is 3.44. The van der Waals surface area contributed by atoms with Gasteiger partial charge in [-0.1, -0.05) is 24.1 Å². The molecule has 0 aromatic heterocycles. The van der Waals surface area contributed by atoms with Crippen LogP contribution in [0.15, 0.2) is 24.3 Å². The fraction of sp³-hybridized carbons (Fsp3) is 0.611. The zero-order chi connectivity index (χ0) is 14.7. The second-order valence-corrected chi connectivity index (χ2v) is 6.65. The molecular weight excluding hydrogens is 262 g/mol. The number of amides is 1. The fourth-order valence-electron chi connectivity index (χ4n) is 3.93. The van der Waals surface area contributed by atoms with Gasteiger partial charge in [-0.2, -0.15) is 0 Å². The van der Waals surface area contributed by atoms with Crippen molar-refractivity contribution in [2.75, 3.05) is 13.2 Å². The molecule has 2 aliphatic carbocycles. The Bertz CT molecular complexity index is 482. The average molecular weight is 287 g/mol. The third kappa shape index (κ3) is 3.78. The van der Waals surface area contributed by atoms with Gasteiger partial charge in [-0.3, -0.25) is 4.79 Å². The average Bonchev–Trinajstić information content (AvgIpc) is 3.08. The third-order valence-electron chi connectivity index (χ3n) is 5.05. The molecule has 2 bridgehead atoms. The maximum Gasteiger partial charge on any atom is 0.220 e. The van der Waals surface area contributed by atoms with E-state index in [0.29, 0.717) is 25.5 Å². The van der Waals surface area contributed by atoms with Gasteiger partial charge in [-0.15, -0.1) is 0 Å². The van der Waals surface area contributed by atoms with Crippen LogP contribution in [-0.4, -0.2) is 19.1 Å². The van der Waals surface area contributed by atoms with Crippen LogP contribution in [0.1, 0.15) is 37.7 Å². The van der Waals surface area contributed by atoms with Crippen LogP contribution >= 0.6 is 0 Å². The Hall–Kier alpha value is -1.51. The van der Waals surface area contributed by atoms with Crippen LogP contribution in [0.4, 0.5) is 0 Å². The Morgan fingerprint density at radius 2 is 2.05 bits per heavy atom. The summed E-state index contributed by atoms with van der Waals surface area (Å²) in [5, 5.41) is 2.99. The highest BCUT2D eigenvalue weighted by Gasteiger charge is 2.39. The van der Waals surface area contributed by atoms with Crippen LogP contribution in [0, 0.1) is 24.7 Å². The number of rotatable bonds is 6. The number of hydrogen-bond donors (Lipinski definition) is 1. The number of aryl methyl sites for hydroxylation is 1. The molecule has 3 heteroatoms. The zero-order valence-corrected chi connectivity index (χ0v) is 12.8. The lowest BCUT2D eigenvalue weighted by Crippen LogP contribution is -2.30. The lowest BCUT2D eigenvalue weighted by atomic mass is 9.86. The quantitative estimate of drug-likeness (QED) is 0.815. The zero-order valence-electron chi connectivity index (χ0n) is 12.8. The highest BCUT2D eigenvalue weighted by atomic mass is 16.5. The summed E-state index contributed by atoms with van der Waals surface area (Å²) in [6.45, 7) is 3.18. The predicted molar refractivity (Wildman–Crippen MR) is 83.2 cm³/mol. The Balaban J connectivity index is 1.32. The first-order valence-electron chi connectivity index (χ1n) is 8.17. The van der Waals surface area contributed by atoms with E-state index in [9.17, 15) is 4.79 Å². The van der Waals surface area contributed by atoms with E-state index in [0.717, 1.165) is 17.6 Å². The van der Waals surface area contributed by atoms with Crippen LogP contribution in [0.5, 0.6) is 5.75 Å². The molecule has 1 aromatic rings. The Kier molecular flexibility index (Phi) is 4.47. The Morgan fingerprint density at radius 1 is 1.24 bits per heavy atom. The SMILES string of the molecule is Cc1ccc(OCCNC(=O)C[C@H]2C[C@H]3CC[C@@H]2C3)cc1. The number of carbonyl (C=O) groups excluding carboxylic acids is 1. The molecule has 3 atom stereocenters. The molecule has 0 unspecified atom stereocenters. The maximum atomic E-state index is 12.0. The van der Waals surface area contributed by atoms with Gasteiger partial charge in [0, 0.05) is 6.42 Å². The van der Waals surface area contributed by atoms with E-state index in [-0.39, 0.29) is 5.91 Å². The molecule has 0 saturated heterocycles. The highest BCUT2D eigenvalue weighted by molar-refractivity contribution is 5.76. The van der Waals surface area contributed by atoms with E-state index in [1.165, 1.54) is 31.2 Å². The summed E-state index contributed by atoms with van der Waals surface area (Å²) < 4.78 is 5.62. The van der Waals surface area contributed by atoms with Crippen LogP contribution < -0.4 is 10.1 Å². The topological polar surface area (TPSA) is 38.3 Å². The Morgan fingerprint density at radius 3 is 2.71 bits per heavy atom. The van der Waals surface area contributed by atoms with E-state index >= 15 is 0 Å². The molecule has 2 aliphatic rings. The minimum Gasteiger partial charge on any atom is -0.492 e. The summed E-state index contributed by atoms with van der Waals surface area (Å²) in [4.78, 5) is 12.0. The van der Waals surface area contributed by atoms with E-state index < -0.39 is 0 Å². The van der Waals surface area contributed by atoms with Crippen molar-refractivity contribution in [2.45, 2.75) is 39.0 Å². The molecule has 0 radical (unpaired) electrons. The summed E-state index contributed by atoms with van der Waals surface area (Å²) in [7, 11) is 0. The first-order valence-corrected chi connectivity index (χ1v) is 8.17. The lowest BCUT2D eigenvalue weighted by Gasteiger charge is -2.20. The van der Waals surface area contributed by atoms with Crippen LogP contribution in [0.2, 0.25) is 0 Å². The largest absolute Gasteiger partial charge is 0.492 e. The fourth-order valence-corrected chi connectivity index (χ4v) is 3.93. The molecule has 114 valence electrons. The van der Waals surface area contributed by atoms with Gasteiger partial charge >= 0.3 is 0 Å². The monoisotopic (exact) mass is 287 g/mol. The predicted octanol–water partition coefficient (Wildman–Crippen LogP) is 3.32. The maximum absolute atomic E-state index is 12.0. The second-order valence-electron chi connectivity index (χ2n) is 6.65. The molecular formula is C18H25NO2. The van der Waals surface area contributed by atoms with Crippen LogP contribution in [-0.2, 0) is 4.79 Å². The molecule has 0 aliphatic heterocycles.